The molecule has 4 nitrogen and oxygen atoms in total. The Morgan fingerprint density at radius 2 is 1.22 bits per heavy atom. The van der Waals surface area contributed by atoms with Crippen LogP contribution in [0.5, 0.6) is 11.5 Å². The maximum Gasteiger partial charge on any atom is 0.541 e. The number of nitrogens with one attached hydrogen (secondary N) is 1. The molecule has 0 saturated carbocycles. The molecule has 0 unspecified atom stereocenters. The average molecular weight is 422 g/mol. The normalized spacial score (nSPS) is 11.1. The third-order valence-corrected chi connectivity index (χ3v) is 5.85. The van der Waals surface area contributed by atoms with Gasteiger partial charge >= 0.3 is 7.75 Å². The van der Waals surface area contributed by atoms with Gasteiger partial charge in [0.2, 0.25) is 0 Å². The maximum absolute atomic E-state index is 13.5. The molecule has 140 valence electrons. The highest BCUT2D eigenvalue weighted by Gasteiger charge is 2.29. The lowest BCUT2D eigenvalue weighted by molar-refractivity contribution is 0.393. The number of benzene rings is 3. The Morgan fingerprint density at radius 1 is 0.741 bits per heavy atom. The van der Waals surface area contributed by atoms with E-state index in [0.717, 1.165) is 11.1 Å². The second-order valence-electron chi connectivity index (χ2n) is 6.05. The van der Waals surface area contributed by atoms with Crippen LogP contribution in [0.1, 0.15) is 11.1 Å². The fraction of sp³-hybridized carbons (Fsp3) is 0.100. The van der Waals surface area contributed by atoms with Gasteiger partial charge in [-0.05, 0) is 56.3 Å². The number of anilines is 1. The fourth-order valence-electron chi connectivity index (χ4n) is 2.26. The van der Waals surface area contributed by atoms with Crippen molar-refractivity contribution in [3.8, 4) is 11.5 Å². The van der Waals surface area contributed by atoms with Crippen LogP contribution in [0.4, 0.5) is 5.69 Å². The summed E-state index contributed by atoms with van der Waals surface area (Å²) in [6.45, 7) is 3.92. The largest absolute Gasteiger partial charge is 0.541 e. The van der Waals surface area contributed by atoms with Crippen molar-refractivity contribution in [3.63, 3.8) is 0 Å². The summed E-state index contributed by atoms with van der Waals surface area (Å²) < 4.78 is 24.9. The van der Waals surface area contributed by atoms with Crippen LogP contribution >= 0.6 is 30.9 Å². The van der Waals surface area contributed by atoms with Gasteiger partial charge in [-0.25, -0.2) is 4.57 Å². The molecule has 0 amide bonds. The van der Waals surface area contributed by atoms with Crippen LogP contribution in [0.25, 0.3) is 0 Å². The number of hydrogen-bond acceptors (Lipinski definition) is 3. The van der Waals surface area contributed by atoms with Gasteiger partial charge in [-0.2, -0.15) is 0 Å². The molecule has 0 aliphatic rings. The zero-order valence-electron chi connectivity index (χ0n) is 14.8. The quantitative estimate of drug-likeness (QED) is 0.424. The Bertz CT molecular complexity index is 924. The summed E-state index contributed by atoms with van der Waals surface area (Å²) in [5.74, 6) is 0.840. The Labute approximate surface area is 168 Å². The van der Waals surface area contributed by atoms with Crippen LogP contribution in [0.3, 0.4) is 0 Å². The van der Waals surface area contributed by atoms with Crippen LogP contribution in [0, 0.1) is 13.8 Å². The van der Waals surface area contributed by atoms with Crippen LogP contribution in [0.2, 0.25) is 10.0 Å². The van der Waals surface area contributed by atoms with Gasteiger partial charge in [0, 0.05) is 5.69 Å². The van der Waals surface area contributed by atoms with E-state index in [1.807, 2.05) is 38.1 Å². The highest BCUT2D eigenvalue weighted by Crippen LogP contribution is 2.48. The first-order valence-electron chi connectivity index (χ1n) is 8.19. The van der Waals surface area contributed by atoms with Crippen LogP contribution in [-0.4, -0.2) is 0 Å². The molecule has 27 heavy (non-hydrogen) atoms. The first-order chi connectivity index (χ1) is 12.8. The number of halogens is 2. The second-order valence-corrected chi connectivity index (χ2v) is 8.44. The van der Waals surface area contributed by atoms with Crippen molar-refractivity contribution in [2.75, 3.05) is 5.09 Å². The van der Waals surface area contributed by atoms with Crippen LogP contribution < -0.4 is 14.1 Å². The van der Waals surface area contributed by atoms with Gasteiger partial charge in [-0.15, -0.1) is 0 Å². The maximum atomic E-state index is 13.5. The predicted octanol–water partition coefficient (Wildman–Crippen LogP) is 7.29. The summed E-state index contributed by atoms with van der Waals surface area (Å²) >= 11 is 12.0. The van der Waals surface area contributed by atoms with Gasteiger partial charge in [-0.3, -0.25) is 5.09 Å². The highest BCUT2D eigenvalue weighted by atomic mass is 35.5. The minimum Gasteiger partial charge on any atom is -0.400 e. The van der Waals surface area contributed by atoms with Crippen LogP contribution in [-0.2, 0) is 4.57 Å². The summed E-state index contributed by atoms with van der Waals surface area (Å²) in [5.41, 5.74) is 2.59. The summed E-state index contributed by atoms with van der Waals surface area (Å²) in [4.78, 5) is 0. The molecule has 0 aliphatic heterocycles. The average Bonchev–Trinajstić information content (AvgIpc) is 2.62. The molecule has 0 aliphatic carbocycles. The summed E-state index contributed by atoms with van der Waals surface area (Å²) in [6.07, 6.45) is 0. The fourth-order valence-corrected chi connectivity index (χ4v) is 3.94. The first kappa shape index (κ1) is 19.6. The van der Waals surface area contributed by atoms with Gasteiger partial charge < -0.3 is 9.05 Å². The van der Waals surface area contributed by atoms with E-state index in [4.69, 9.17) is 32.2 Å². The lowest BCUT2D eigenvalue weighted by atomic mass is 10.2. The van der Waals surface area contributed by atoms with E-state index < -0.39 is 7.75 Å². The Morgan fingerprint density at radius 3 is 1.67 bits per heavy atom. The topological polar surface area (TPSA) is 47.6 Å². The van der Waals surface area contributed by atoms with E-state index in [2.05, 4.69) is 5.09 Å². The summed E-state index contributed by atoms with van der Waals surface area (Å²) in [6, 6.07) is 19.2. The third kappa shape index (κ3) is 5.43. The summed E-state index contributed by atoms with van der Waals surface area (Å²) in [7, 11) is -3.80. The zero-order valence-corrected chi connectivity index (χ0v) is 17.2. The molecule has 0 bridgehead atoms. The first-order valence-corrected chi connectivity index (χ1v) is 10.5. The molecule has 3 aromatic carbocycles. The Hall–Kier alpha value is -2.13. The van der Waals surface area contributed by atoms with Crippen molar-refractivity contribution in [2.24, 2.45) is 0 Å². The highest BCUT2D eigenvalue weighted by molar-refractivity contribution is 7.56. The molecule has 0 atom stereocenters. The molecular formula is C20H18Cl2NO3P. The number of hydrogen-bond donors (Lipinski definition) is 1. The molecule has 0 heterocycles. The van der Waals surface area contributed by atoms with Crippen molar-refractivity contribution < 1.29 is 13.6 Å². The molecule has 7 heteroatoms. The van der Waals surface area contributed by atoms with Crippen molar-refractivity contribution in [2.45, 2.75) is 13.8 Å². The monoisotopic (exact) mass is 421 g/mol. The third-order valence-electron chi connectivity index (χ3n) is 3.68. The smallest absolute Gasteiger partial charge is 0.400 e. The molecule has 3 rings (SSSR count). The van der Waals surface area contributed by atoms with E-state index >= 15 is 0 Å². The molecule has 3 aromatic rings. The van der Waals surface area contributed by atoms with E-state index in [-0.39, 0.29) is 0 Å². The molecule has 0 spiro atoms. The molecule has 0 aromatic heterocycles. The van der Waals surface area contributed by atoms with E-state index in [1.165, 1.54) is 0 Å². The molecule has 0 saturated heterocycles. The van der Waals surface area contributed by atoms with Gasteiger partial charge in [0.15, 0.2) is 0 Å². The SMILES string of the molecule is Cc1ccc(OP(=O)(Nc2ccc(Cl)c(Cl)c2)Oc2ccc(C)cc2)cc1. The lowest BCUT2D eigenvalue weighted by Gasteiger charge is -2.21. The van der Waals surface area contributed by atoms with Crippen molar-refractivity contribution in [1.29, 1.82) is 0 Å². The Balaban J connectivity index is 1.90. The van der Waals surface area contributed by atoms with E-state index in [9.17, 15) is 4.57 Å². The van der Waals surface area contributed by atoms with Crippen molar-refractivity contribution in [1.82, 2.24) is 0 Å². The standard InChI is InChI=1S/C20H18Cl2NO3P/c1-14-3-8-17(9-4-14)25-27(24,26-18-10-5-15(2)6-11-18)23-16-7-12-19(21)20(22)13-16/h3-13H,1-2H3,(H,23,24). The van der Waals surface area contributed by atoms with Crippen molar-refractivity contribution in [3.05, 3.63) is 87.9 Å². The number of rotatable bonds is 6. The summed E-state index contributed by atoms with van der Waals surface area (Å²) in [5, 5.41) is 3.55. The minimum atomic E-state index is -3.80. The predicted molar refractivity (Wildman–Crippen MR) is 111 cm³/mol. The molecule has 0 fully saturated rings. The van der Waals surface area contributed by atoms with Gasteiger partial charge in [-0.1, -0.05) is 58.6 Å². The Kier molecular flexibility index (Phi) is 6.01. The molecule has 1 N–H and O–H groups in total. The van der Waals surface area contributed by atoms with Crippen LogP contribution in [0.15, 0.2) is 66.7 Å². The number of aryl methyl sites for hydroxylation is 2. The minimum absolute atomic E-state index is 0.332. The van der Waals surface area contributed by atoms with Gasteiger partial charge in [0.1, 0.15) is 11.5 Å². The van der Waals surface area contributed by atoms with E-state index in [0.29, 0.717) is 27.2 Å². The molecular weight excluding hydrogens is 404 g/mol. The molecule has 0 radical (unpaired) electrons. The zero-order chi connectivity index (χ0) is 19.4. The lowest BCUT2D eigenvalue weighted by Crippen LogP contribution is -2.10. The van der Waals surface area contributed by atoms with E-state index in [1.54, 1.807) is 42.5 Å². The second kappa shape index (κ2) is 8.26. The van der Waals surface area contributed by atoms with Gasteiger partial charge in [0.05, 0.1) is 10.0 Å². The van der Waals surface area contributed by atoms with Crippen molar-refractivity contribution >= 4 is 36.6 Å². The van der Waals surface area contributed by atoms with Gasteiger partial charge in [0.25, 0.3) is 0 Å².